The maximum atomic E-state index is 10.8. The highest BCUT2D eigenvalue weighted by Gasteiger charge is 2.38. The Kier molecular flexibility index (Phi) is 4.02. The van der Waals surface area contributed by atoms with Gasteiger partial charge in [-0.15, -0.1) is 0 Å². The first-order valence-electron chi connectivity index (χ1n) is 4.30. The zero-order chi connectivity index (χ0) is 9.73. The van der Waals surface area contributed by atoms with Crippen molar-refractivity contribution >= 4 is 17.1 Å². The van der Waals surface area contributed by atoms with E-state index in [4.69, 9.17) is 14.2 Å². The van der Waals surface area contributed by atoms with E-state index in [1.165, 1.54) is 0 Å². The first kappa shape index (κ1) is 10.8. The monoisotopic (exact) mass is 206 g/mol. The Morgan fingerprint density at radius 2 is 2.08 bits per heavy atom. The van der Waals surface area contributed by atoms with E-state index < -0.39 is 5.79 Å². The highest BCUT2D eigenvalue weighted by Crippen LogP contribution is 2.27. The van der Waals surface area contributed by atoms with Crippen LogP contribution < -0.4 is 0 Å². The van der Waals surface area contributed by atoms with Gasteiger partial charge < -0.3 is 14.2 Å². The Morgan fingerprint density at radius 1 is 1.46 bits per heavy atom. The van der Waals surface area contributed by atoms with E-state index in [0.717, 1.165) is 11.8 Å². The van der Waals surface area contributed by atoms with Crippen LogP contribution in [0.4, 0.5) is 4.79 Å². The summed E-state index contributed by atoms with van der Waals surface area (Å²) in [5, 5.41) is -0.255. The average molecular weight is 206 g/mol. The van der Waals surface area contributed by atoms with Crippen molar-refractivity contribution in [3.05, 3.63) is 0 Å². The second-order valence-electron chi connectivity index (χ2n) is 2.60. The molecule has 0 atom stereocenters. The molecule has 13 heavy (non-hydrogen) atoms. The minimum Gasteiger partial charge on any atom is -0.452 e. The Bertz CT molecular complexity index is 165. The lowest BCUT2D eigenvalue weighted by atomic mass is 10.3. The largest absolute Gasteiger partial charge is 0.452 e. The molecule has 1 aliphatic heterocycles. The summed E-state index contributed by atoms with van der Waals surface area (Å²) in [5.41, 5.74) is 0. The van der Waals surface area contributed by atoms with Crippen LogP contribution in [0.2, 0.25) is 0 Å². The Morgan fingerprint density at radius 3 is 2.46 bits per heavy atom. The van der Waals surface area contributed by atoms with Gasteiger partial charge in [0.25, 0.3) is 0 Å². The summed E-state index contributed by atoms with van der Waals surface area (Å²) >= 11 is 1.09. The number of thioether (sulfide) groups is 1. The lowest BCUT2D eigenvalue weighted by molar-refractivity contribution is -0.236. The molecule has 0 unspecified atom stereocenters. The molecule has 0 radical (unpaired) electrons. The van der Waals surface area contributed by atoms with Crippen LogP contribution >= 0.6 is 11.8 Å². The van der Waals surface area contributed by atoms with Crippen molar-refractivity contribution in [3.8, 4) is 0 Å². The molecule has 4 nitrogen and oxygen atoms in total. The van der Waals surface area contributed by atoms with Gasteiger partial charge in [-0.2, -0.15) is 0 Å². The molecule has 1 rings (SSSR count). The number of carbonyl (C=O) groups is 1. The summed E-state index contributed by atoms with van der Waals surface area (Å²) < 4.78 is 15.8. The zero-order valence-electron chi connectivity index (χ0n) is 7.87. The summed E-state index contributed by atoms with van der Waals surface area (Å²) in [6.45, 7) is 5.08. The van der Waals surface area contributed by atoms with Crippen LogP contribution in [0.1, 0.15) is 13.8 Å². The number of cyclic esters (lactones) is 1. The summed E-state index contributed by atoms with van der Waals surface area (Å²) in [5.74, 6) is -0.213. The van der Waals surface area contributed by atoms with E-state index in [1.54, 1.807) is 0 Å². The molecule has 0 aromatic rings. The van der Waals surface area contributed by atoms with Gasteiger partial charge in [-0.1, -0.05) is 0 Å². The molecule has 76 valence electrons. The molecular weight excluding hydrogens is 192 g/mol. The molecule has 5 heteroatoms. The zero-order valence-corrected chi connectivity index (χ0v) is 8.69. The van der Waals surface area contributed by atoms with Crippen molar-refractivity contribution in [3.63, 3.8) is 0 Å². The molecule has 0 aromatic heterocycles. The van der Waals surface area contributed by atoms with Crippen molar-refractivity contribution in [1.29, 1.82) is 0 Å². The number of hydrogen-bond acceptors (Lipinski definition) is 5. The van der Waals surface area contributed by atoms with Gasteiger partial charge in [-0.25, -0.2) is 4.79 Å². The Labute approximate surface area is 81.9 Å². The molecule has 0 amide bonds. The second kappa shape index (κ2) is 4.83. The van der Waals surface area contributed by atoms with Crippen molar-refractivity contribution in [1.82, 2.24) is 0 Å². The van der Waals surface area contributed by atoms with E-state index in [9.17, 15) is 4.79 Å². The third kappa shape index (κ3) is 2.86. The van der Waals surface area contributed by atoms with Crippen LogP contribution in [0, 0.1) is 0 Å². The van der Waals surface area contributed by atoms with Gasteiger partial charge >= 0.3 is 5.30 Å². The lowest BCUT2D eigenvalue weighted by Gasteiger charge is -2.34. The average Bonchev–Trinajstić information content (AvgIpc) is 2.11. The highest BCUT2D eigenvalue weighted by atomic mass is 32.2. The summed E-state index contributed by atoms with van der Waals surface area (Å²) in [7, 11) is 0. The first-order chi connectivity index (χ1) is 6.22. The third-order valence-electron chi connectivity index (χ3n) is 1.63. The number of carbonyl (C=O) groups excluding carboxylic acids is 1. The Balaban J connectivity index is 2.51. The highest BCUT2D eigenvalue weighted by molar-refractivity contribution is 8.13. The molecule has 0 spiro atoms. The predicted molar refractivity (Wildman–Crippen MR) is 49.8 cm³/mol. The van der Waals surface area contributed by atoms with Crippen molar-refractivity contribution in [2.75, 3.05) is 25.6 Å². The standard InChI is InChI=1S/C8H14O4S/c1-3-11-8(12-4-2)5-10-7(9)13-6-8/h3-6H2,1-2H3. The normalized spacial score (nSPS) is 21.2. The second-order valence-corrected chi connectivity index (χ2v) is 3.51. The summed E-state index contributed by atoms with van der Waals surface area (Å²) in [6, 6.07) is 0. The van der Waals surface area contributed by atoms with Gasteiger partial charge in [-0.3, -0.25) is 0 Å². The molecule has 0 aromatic carbocycles. The quantitative estimate of drug-likeness (QED) is 0.517. The lowest BCUT2D eigenvalue weighted by Crippen LogP contribution is -2.47. The number of rotatable bonds is 4. The SMILES string of the molecule is CCOC1(OCC)COC(=O)SC1. The van der Waals surface area contributed by atoms with Crippen molar-refractivity contribution in [2.24, 2.45) is 0 Å². The first-order valence-corrected chi connectivity index (χ1v) is 5.28. The van der Waals surface area contributed by atoms with Gasteiger partial charge in [0.2, 0.25) is 5.79 Å². The Hall–Kier alpha value is -0.260. The van der Waals surface area contributed by atoms with Gasteiger partial charge in [0.05, 0.1) is 5.75 Å². The van der Waals surface area contributed by atoms with Crippen LogP contribution in [0.3, 0.4) is 0 Å². The summed E-state index contributed by atoms with van der Waals surface area (Å²) in [4.78, 5) is 10.8. The van der Waals surface area contributed by atoms with Crippen LogP contribution in [-0.2, 0) is 14.2 Å². The van der Waals surface area contributed by atoms with E-state index >= 15 is 0 Å². The van der Waals surface area contributed by atoms with Gasteiger partial charge in [0, 0.05) is 13.2 Å². The topological polar surface area (TPSA) is 44.8 Å². The van der Waals surface area contributed by atoms with Crippen molar-refractivity contribution in [2.45, 2.75) is 19.6 Å². The number of hydrogen-bond donors (Lipinski definition) is 0. The van der Waals surface area contributed by atoms with E-state index in [2.05, 4.69) is 0 Å². The maximum absolute atomic E-state index is 10.8. The molecule has 0 N–H and O–H groups in total. The molecular formula is C8H14O4S. The van der Waals surface area contributed by atoms with E-state index in [-0.39, 0.29) is 11.9 Å². The minimum atomic E-state index is -0.720. The molecule has 1 fully saturated rings. The predicted octanol–water partition coefficient (Wildman–Crippen LogP) is 1.64. The summed E-state index contributed by atoms with van der Waals surface area (Å²) in [6.07, 6.45) is 0. The van der Waals surface area contributed by atoms with E-state index in [1.807, 2.05) is 13.8 Å². The molecule has 1 aliphatic rings. The molecule has 1 heterocycles. The molecule has 0 aliphatic carbocycles. The van der Waals surface area contributed by atoms with Crippen LogP contribution in [0.15, 0.2) is 0 Å². The van der Waals surface area contributed by atoms with E-state index in [0.29, 0.717) is 19.0 Å². The smallest absolute Gasteiger partial charge is 0.367 e. The van der Waals surface area contributed by atoms with Gasteiger partial charge in [0.15, 0.2) is 0 Å². The fourth-order valence-corrected chi connectivity index (χ4v) is 1.89. The minimum absolute atomic E-state index is 0.195. The van der Waals surface area contributed by atoms with Gasteiger partial charge in [0.1, 0.15) is 6.61 Å². The van der Waals surface area contributed by atoms with Crippen LogP contribution in [-0.4, -0.2) is 36.7 Å². The van der Waals surface area contributed by atoms with Crippen LogP contribution in [0.25, 0.3) is 0 Å². The van der Waals surface area contributed by atoms with Crippen molar-refractivity contribution < 1.29 is 19.0 Å². The van der Waals surface area contributed by atoms with Gasteiger partial charge in [-0.05, 0) is 25.6 Å². The fourth-order valence-electron chi connectivity index (χ4n) is 1.16. The molecule has 0 saturated carbocycles. The van der Waals surface area contributed by atoms with Crippen LogP contribution in [0.5, 0.6) is 0 Å². The molecule has 1 saturated heterocycles. The number of ether oxygens (including phenoxy) is 3. The fraction of sp³-hybridized carbons (Fsp3) is 0.875. The third-order valence-corrected chi connectivity index (χ3v) is 2.57. The maximum Gasteiger partial charge on any atom is 0.367 e. The molecule has 0 bridgehead atoms.